The molecular formula is C22H26FN3O3. The molecule has 154 valence electrons. The number of aromatic nitrogens is 1. The van der Waals surface area contributed by atoms with Crippen molar-refractivity contribution in [3.63, 3.8) is 0 Å². The minimum absolute atomic E-state index is 0.236. The topological polar surface area (TPSA) is 91.3 Å². The Morgan fingerprint density at radius 2 is 2.10 bits per heavy atom. The third-order valence-electron chi connectivity index (χ3n) is 5.00. The van der Waals surface area contributed by atoms with Gasteiger partial charge in [0.25, 0.3) is 0 Å². The van der Waals surface area contributed by atoms with E-state index in [4.69, 9.17) is 5.11 Å². The van der Waals surface area contributed by atoms with Crippen LogP contribution in [0, 0.1) is 5.82 Å². The molecule has 6 nitrogen and oxygen atoms in total. The van der Waals surface area contributed by atoms with Gasteiger partial charge in [0.1, 0.15) is 11.6 Å². The normalized spacial score (nSPS) is 13.8. The van der Waals surface area contributed by atoms with Gasteiger partial charge in [0.2, 0.25) is 5.91 Å². The van der Waals surface area contributed by atoms with Crippen LogP contribution in [-0.4, -0.2) is 28.5 Å². The number of carboxylic acids is 1. The van der Waals surface area contributed by atoms with Crippen molar-refractivity contribution in [2.45, 2.75) is 51.0 Å². The highest BCUT2D eigenvalue weighted by Gasteiger charge is 2.18. The Kier molecular flexibility index (Phi) is 7.16. The van der Waals surface area contributed by atoms with E-state index in [0.717, 1.165) is 43.7 Å². The molecule has 1 aliphatic heterocycles. The van der Waals surface area contributed by atoms with Crippen LogP contribution in [0.2, 0.25) is 0 Å². The lowest BCUT2D eigenvalue weighted by atomic mass is 10.0. The second-order valence-electron chi connectivity index (χ2n) is 7.32. The fourth-order valence-electron chi connectivity index (χ4n) is 3.52. The summed E-state index contributed by atoms with van der Waals surface area (Å²) in [5.41, 5.74) is 2.70. The standard InChI is InChI=1S/C22H26FN3O3/c23-17-7-3-5-16(13-17)19(14-21(28)29)26-20(27)9-2-1-8-18-11-10-15-6-4-12-24-22(15)25-18/h3,5,7,10-11,13,19H,1-2,4,6,8-9,12,14H2,(H,24,25)(H,26,27)(H,28,29)/t19-/m0/s1. The predicted molar refractivity (Wildman–Crippen MR) is 108 cm³/mol. The average Bonchev–Trinajstić information content (AvgIpc) is 2.70. The number of aryl methyl sites for hydroxylation is 2. The first-order valence-corrected chi connectivity index (χ1v) is 10.0. The maximum atomic E-state index is 13.4. The zero-order valence-corrected chi connectivity index (χ0v) is 16.3. The van der Waals surface area contributed by atoms with Crippen LogP contribution in [0.4, 0.5) is 10.2 Å². The predicted octanol–water partition coefficient (Wildman–Crippen LogP) is 3.62. The molecule has 1 atom stereocenters. The average molecular weight is 399 g/mol. The molecule has 0 spiro atoms. The quantitative estimate of drug-likeness (QED) is 0.560. The summed E-state index contributed by atoms with van der Waals surface area (Å²) in [6.07, 6.45) is 4.44. The molecule has 29 heavy (non-hydrogen) atoms. The Morgan fingerprint density at radius 1 is 1.24 bits per heavy atom. The lowest BCUT2D eigenvalue weighted by Gasteiger charge is -2.18. The first-order valence-electron chi connectivity index (χ1n) is 10.0. The fourth-order valence-corrected chi connectivity index (χ4v) is 3.52. The third kappa shape index (κ3) is 6.27. The summed E-state index contributed by atoms with van der Waals surface area (Å²) in [6.45, 7) is 0.951. The van der Waals surface area contributed by atoms with E-state index in [9.17, 15) is 14.0 Å². The van der Waals surface area contributed by atoms with Gasteiger partial charge in [-0.2, -0.15) is 0 Å². The van der Waals surface area contributed by atoms with Gasteiger partial charge in [-0.05, 0) is 61.4 Å². The molecule has 0 aliphatic carbocycles. The molecule has 0 fully saturated rings. The maximum absolute atomic E-state index is 13.4. The lowest BCUT2D eigenvalue weighted by Crippen LogP contribution is -2.30. The zero-order chi connectivity index (χ0) is 20.6. The van der Waals surface area contributed by atoms with E-state index in [1.54, 1.807) is 6.07 Å². The number of fused-ring (bicyclic) bond motifs is 1. The molecule has 2 aromatic rings. The Morgan fingerprint density at radius 3 is 2.90 bits per heavy atom. The van der Waals surface area contributed by atoms with Gasteiger partial charge in [-0.15, -0.1) is 0 Å². The van der Waals surface area contributed by atoms with Crippen molar-refractivity contribution < 1.29 is 19.1 Å². The van der Waals surface area contributed by atoms with Crippen LogP contribution in [-0.2, 0) is 22.4 Å². The Bertz CT molecular complexity index is 872. The van der Waals surface area contributed by atoms with Crippen molar-refractivity contribution in [2.75, 3.05) is 11.9 Å². The smallest absolute Gasteiger partial charge is 0.305 e. The third-order valence-corrected chi connectivity index (χ3v) is 5.00. The van der Waals surface area contributed by atoms with Crippen LogP contribution < -0.4 is 10.6 Å². The molecule has 1 aliphatic rings. The first kappa shape index (κ1) is 20.8. The zero-order valence-electron chi connectivity index (χ0n) is 16.3. The van der Waals surface area contributed by atoms with E-state index in [1.807, 2.05) is 6.07 Å². The second kappa shape index (κ2) is 10.0. The number of carbonyl (C=O) groups excluding carboxylic acids is 1. The van der Waals surface area contributed by atoms with Gasteiger partial charge in [0.15, 0.2) is 0 Å². The summed E-state index contributed by atoms with van der Waals surface area (Å²) < 4.78 is 13.4. The maximum Gasteiger partial charge on any atom is 0.305 e. The van der Waals surface area contributed by atoms with E-state index in [-0.39, 0.29) is 18.7 Å². The minimum atomic E-state index is -1.05. The Labute approximate surface area is 169 Å². The van der Waals surface area contributed by atoms with Crippen LogP contribution in [0.5, 0.6) is 0 Å². The number of hydrogen-bond acceptors (Lipinski definition) is 4. The molecule has 1 aromatic heterocycles. The second-order valence-corrected chi connectivity index (χ2v) is 7.32. The van der Waals surface area contributed by atoms with Crippen LogP contribution in [0.1, 0.15) is 55.0 Å². The van der Waals surface area contributed by atoms with Gasteiger partial charge in [-0.3, -0.25) is 9.59 Å². The number of carboxylic acid groups (broad SMARTS) is 1. The molecule has 1 aromatic carbocycles. The van der Waals surface area contributed by atoms with Gasteiger partial charge < -0.3 is 15.7 Å². The number of pyridine rings is 1. The number of aliphatic carboxylic acids is 1. The number of benzene rings is 1. The largest absolute Gasteiger partial charge is 0.481 e. The minimum Gasteiger partial charge on any atom is -0.481 e. The highest BCUT2D eigenvalue weighted by molar-refractivity contribution is 5.77. The Balaban J connectivity index is 1.47. The molecule has 1 amide bonds. The number of anilines is 1. The monoisotopic (exact) mass is 399 g/mol. The number of unbranched alkanes of at least 4 members (excludes halogenated alkanes) is 1. The van der Waals surface area contributed by atoms with E-state index in [1.165, 1.54) is 23.8 Å². The summed E-state index contributed by atoms with van der Waals surface area (Å²) >= 11 is 0. The van der Waals surface area contributed by atoms with Crippen molar-refractivity contribution in [3.8, 4) is 0 Å². The van der Waals surface area contributed by atoms with Gasteiger partial charge in [0.05, 0.1) is 12.5 Å². The van der Waals surface area contributed by atoms with Crippen molar-refractivity contribution >= 4 is 17.7 Å². The number of carbonyl (C=O) groups is 2. The number of rotatable bonds is 9. The van der Waals surface area contributed by atoms with E-state index in [2.05, 4.69) is 21.7 Å². The van der Waals surface area contributed by atoms with E-state index < -0.39 is 17.8 Å². The highest BCUT2D eigenvalue weighted by atomic mass is 19.1. The molecule has 2 heterocycles. The number of nitrogens with one attached hydrogen (secondary N) is 2. The van der Waals surface area contributed by atoms with Crippen molar-refractivity contribution in [1.29, 1.82) is 0 Å². The molecule has 7 heteroatoms. The van der Waals surface area contributed by atoms with Gasteiger partial charge in [-0.1, -0.05) is 18.2 Å². The van der Waals surface area contributed by atoms with Gasteiger partial charge in [-0.25, -0.2) is 9.37 Å². The Hall–Kier alpha value is -2.96. The summed E-state index contributed by atoms with van der Waals surface area (Å²) in [7, 11) is 0. The molecule has 3 N–H and O–H groups in total. The van der Waals surface area contributed by atoms with Crippen LogP contribution in [0.3, 0.4) is 0 Å². The summed E-state index contributed by atoms with van der Waals surface area (Å²) in [4.78, 5) is 28.0. The van der Waals surface area contributed by atoms with Crippen LogP contribution >= 0.6 is 0 Å². The number of hydrogen-bond donors (Lipinski definition) is 3. The molecule has 0 saturated carbocycles. The van der Waals surface area contributed by atoms with Crippen LogP contribution in [0.15, 0.2) is 36.4 Å². The van der Waals surface area contributed by atoms with Crippen molar-refractivity contribution in [2.24, 2.45) is 0 Å². The molecule has 0 saturated heterocycles. The van der Waals surface area contributed by atoms with Crippen LogP contribution in [0.25, 0.3) is 0 Å². The summed E-state index contributed by atoms with van der Waals surface area (Å²) in [5, 5.41) is 15.1. The van der Waals surface area contributed by atoms with E-state index >= 15 is 0 Å². The van der Waals surface area contributed by atoms with E-state index in [0.29, 0.717) is 12.0 Å². The SMILES string of the molecule is O=C(O)C[C@H](NC(=O)CCCCc1ccc2c(n1)NCCC2)c1cccc(F)c1. The number of halogens is 1. The fraction of sp³-hybridized carbons (Fsp3) is 0.409. The first-order chi connectivity index (χ1) is 14.0. The molecule has 3 rings (SSSR count). The lowest BCUT2D eigenvalue weighted by molar-refractivity contribution is -0.137. The van der Waals surface area contributed by atoms with Gasteiger partial charge >= 0.3 is 5.97 Å². The van der Waals surface area contributed by atoms with Crippen molar-refractivity contribution in [1.82, 2.24) is 10.3 Å². The molecule has 0 bridgehead atoms. The molecule has 0 radical (unpaired) electrons. The summed E-state index contributed by atoms with van der Waals surface area (Å²) in [5.74, 6) is -0.774. The highest BCUT2D eigenvalue weighted by Crippen LogP contribution is 2.21. The molecular weight excluding hydrogens is 373 g/mol. The van der Waals surface area contributed by atoms with Crippen molar-refractivity contribution in [3.05, 3.63) is 59.0 Å². The number of nitrogens with zero attached hydrogens (tertiary/aromatic N) is 1. The number of amides is 1. The van der Waals surface area contributed by atoms with Gasteiger partial charge in [0, 0.05) is 18.7 Å². The molecule has 0 unspecified atom stereocenters. The summed E-state index contributed by atoms with van der Waals surface area (Å²) in [6, 6.07) is 9.07.